The maximum Gasteiger partial charge on any atom is 0.241 e. The first-order valence-electron chi connectivity index (χ1n) is 8.65. The zero-order chi connectivity index (χ0) is 18.0. The number of nitrogens with one attached hydrogen (secondary N) is 1. The maximum atomic E-state index is 12.6. The molecule has 0 unspecified atom stereocenters. The lowest BCUT2D eigenvalue weighted by molar-refractivity contribution is -0.119. The lowest BCUT2D eigenvalue weighted by atomic mass is 10.2. The second-order valence-electron chi connectivity index (χ2n) is 6.37. The summed E-state index contributed by atoms with van der Waals surface area (Å²) in [6, 6.07) is 3.45. The van der Waals surface area contributed by atoms with Gasteiger partial charge >= 0.3 is 0 Å². The summed E-state index contributed by atoms with van der Waals surface area (Å²) < 4.78 is 33.6. The number of hydrogen-bond donors (Lipinski definition) is 1. The van der Waals surface area contributed by atoms with Gasteiger partial charge < -0.3 is 9.64 Å². The van der Waals surface area contributed by atoms with Crippen LogP contribution in [0.25, 0.3) is 0 Å². The molecule has 0 saturated heterocycles. The van der Waals surface area contributed by atoms with Crippen LogP contribution in [0.3, 0.4) is 0 Å². The average Bonchev–Trinajstić information content (AvgIpc) is 3.34. The van der Waals surface area contributed by atoms with Crippen molar-refractivity contribution in [1.82, 2.24) is 4.72 Å². The molecule has 6 nitrogen and oxygen atoms in total. The Bertz CT molecular complexity index is 762. The molecule has 1 fully saturated rings. The van der Waals surface area contributed by atoms with Gasteiger partial charge in [0.05, 0.1) is 4.90 Å². The summed E-state index contributed by atoms with van der Waals surface area (Å²) in [5.41, 5.74) is 1.74. The molecule has 2 aliphatic rings. The molecule has 0 atom stereocenters. The third-order valence-electron chi connectivity index (χ3n) is 4.47. The van der Waals surface area contributed by atoms with Gasteiger partial charge in [-0.05, 0) is 66.2 Å². The Hall–Kier alpha value is -0.960. The van der Waals surface area contributed by atoms with E-state index in [4.69, 9.17) is 4.74 Å². The molecule has 1 aromatic carbocycles. The van der Waals surface area contributed by atoms with Gasteiger partial charge in [-0.2, -0.15) is 0 Å². The van der Waals surface area contributed by atoms with Crippen molar-refractivity contribution >= 4 is 37.5 Å². The first-order chi connectivity index (χ1) is 11.9. The minimum Gasteiger partial charge on any atom is -0.382 e. The number of hydrogen-bond acceptors (Lipinski definition) is 4. The number of fused-ring (bicyclic) bond motifs is 1. The number of rotatable bonds is 8. The van der Waals surface area contributed by atoms with Gasteiger partial charge in [0.15, 0.2) is 0 Å². The molecule has 1 heterocycles. The van der Waals surface area contributed by atoms with Crippen LogP contribution in [0.1, 0.15) is 31.7 Å². The Labute approximate surface area is 157 Å². The van der Waals surface area contributed by atoms with Crippen LogP contribution in [0.2, 0.25) is 0 Å². The van der Waals surface area contributed by atoms with Crippen LogP contribution in [-0.4, -0.2) is 40.6 Å². The second-order valence-corrected chi connectivity index (χ2v) is 8.96. The van der Waals surface area contributed by atoms with Crippen LogP contribution >= 0.6 is 15.9 Å². The second kappa shape index (κ2) is 7.73. The number of benzene rings is 1. The van der Waals surface area contributed by atoms with Crippen molar-refractivity contribution in [2.24, 2.45) is 5.92 Å². The van der Waals surface area contributed by atoms with Gasteiger partial charge in [0, 0.05) is 42.4 Å². The minimum atomic E-state index is -3.64. The molecular weight excluding hydrogens is 408 g/mol. The molecule has 3 rings (SSSR count). The number of ether oxygens (including phenoxy) is 1. The first-order valence-corrected chi connectivity index (χ1v) is 10.9. The van der Waals surface area contributed by atoms with Crippen molar-refractivity contribution < 1.29 is 17.9 Å². The average molecular weight is 431 g/mol. The van der Waals surface area contributed by atoms with Gasteiger partial charge in [-0.15, -0.1) is 0 Å². The smallest absolute Gasteiger partial charge is 0.241 e. The van der Waals surface area contributed by atoms with Crippen molar-refractivity contribution in [3.63, 3.8) is 0 Å². The quantitative estimate of drug-likeness (QED) is 0.642. The molecule has 0 aromatic heterocycles. The van der Waals surface area contributed by atoms with E-state index in [1.165, 1.54) is 0 Å². The van der Waals surface area contributed by atoms with E-state index >= 15 is 0 Å². The Kier molecular flexibility index (Phi) is 5.82. The van der Waals surface area contributed by atoms with Crippen LogP contribution < -0.4 is 9.62 Å². The molecular formula is C17H23BrN2O4S. The third kappa shape index (κ3) is 4.24. The van der Waals surface area contributed by atoms with Crippen LogP contribution in [0.15, 0.2) is 21.5 Å². The highest BCUT2D eigenvalue weighted by atomic mass is 79.9. The molecule has 1 aromatic rings. The predicted octanol–water partition coefficient (Wildman–Crippen LogP) is 2.45. The normalized spacial score (nSPS) is 17.0. The van der Waals surface area contributed by atoms with E-state index < -0.39 is 10.0 Å². The van der Waals surface area contributed by atoms with Crippen molar-refractivity contribution in [2.45, 2.75) is 37.5 Å². The lowest BCUT2D eigenvalue weighted by Gasteiger charge is -2.18. The summed E-state index contributed by atoms with van der Waals surface area (Å²) in [7, 11) is -3.64. The molecule has 1 saturated carbocycles. The number of nitrogens with zero attached hydrogens (tertiary/aromatic N) is 1. The fraction of sp³-hybridized carbons (Fsp3) is 0.588. The molecule has 1 aliphatic heterocycles. The van der Waals surface area contributed by atoms with Crippen molar-refractivity contribution in [1.29, 1.82) is 0 Å². The molecule has 8 heteroatoms. The fourth-order valence-corrected chi connectivity index (χ4v) is 5.16. The van der Waals surface area contributed by atoms with E-state index in [-0.39, 0.29) is 16.7 Å². The van der Waals surface area contributed by atoms with E-state index in [9.17, 15) is 13.2 Å². The van der Waals surface area contributed by atoms with Gasteiger partial charge in [-0.1, -0.05) is 0 Å². The maximum absolute atomic E-state index is 12.6. The summed E-state index contributed by atoms with van der Waals surface area (Å²) in [6.07, 6.45) is 3.25. The van der Waals surface area contributed by atoms with E-state index in [2.05, 4.69) is 20.7 Å². The highest BCUT2D eigenvalue weighted by Crippen LogP contribution is 2.39. The standard InChI is InChI=1S/C17H23BrN2O4S/c1-2-24-9-3-7-19-25(22,23)16-11-15-13(10-14(16)18)6-8-20(15)17(21)12-4-5-12/h10-12,19H,2-9H2,1H3. The summed E-state index contributed by atoms with van der Waals surface area (Å²) in [6.45, 7) is 3.99. The van der Waals surface area contributed by atoms with Crippen molar-refractivity contribution in [3.8, 4) is 0 Å². The zero-order valence-electron chi connectivity index (χ0n) is 14.3. The Balaban J connectivity index is 1.77. The van der Waals surface area contributed by atoms with E-state index in [0.717, 1.165) is 30.5 Å². The molecule has 0 radical (unpaired) electrons. The van der Waals surface area contributed by atoms with E-state index in [0.29, 0.717) is 37.2 Å². The fourth-order valence-electron chi connectivity index (χ4n) is 2.98. The topological polar surface area (TPSA) is 75.7 Å². The highest BCUT2D eigenvalue weighted by molar-refractivity contribution is 9.10. The van der Waals surface area contributed by atoms with Crippen molar-refractivity contribution in [2.75, 3.05) is 31.2 Å². The number of amides is 1. The van der Waals surface area contributed by atoms with Crippen LogP contribution in [-0.2, 0) is 26.0 Å². The van der Waals surface area contributed by atoms with E-state index in [1.54, 1.807) is 11.0 Å². The monoisotopic (exact) mass is 430 g/mol. The predicted molar refractivity (Wildman–Crippen MR) is 99.2 cm³/mol. The van der Waals surface area contributed by atoms with Gasteiger partial charge in [-0.25, -0.2) is 13.1 Å². The number of carbonyl (C=O) groups is 1. The van der Waals surface area contributed by atoms with E-state index in [1.807, 2.05) is 13.0 Å². The molecule has 0 bridgehead atoms. The largest absolute Gasteiger partial charge is 0.382 e. The third-order valence-corrected chi connectivity index (χ3v) is 6.89. The molecule has 1 N–H and O–H groups in total. The highest BCUT2D eigenvalue weighted by Gasteiger charge is 2.37. The summed E-state index contributed by atoms with van der Waals surface area (Å²) in [4.78, 5) is 14.3. The Morgan fingerprint density at radius 2 is 2.16 bits per heavy atom. The Morgan fingerprint density at radius 3 is 2.84 bits per heavy atom. The Morgan fingerprint density at radius 1 is 1.40 bits per heavy atom. The van der Waals surface area contributed by atoms with Crippen LogP contribution in [0.5, 0.6) is 0 Å². The summed E-state index contributed by atoms with van der Waals surface area (Å²) in [5.74, 6) is 0.237. The molecule has 25 heavy (non-hydrogen) atoms. The van der Waals surface area contributed by atoms with Gasteiger partial charge in [-0.3, -0.25) is 4.79 Å². The lowest BCUT2D eigenvalue weighted by Crippen LogP contribution is -2.30. The SMILES string of the molecule is CCOCCCNS(=O)(=O)c1cc2c(cc1Br)CCN2C(=O)C1CC1. The molecule has 1 amide bonds. The number of halogens is 1. The number of anilines is 1. The van der Waals surface area contributed by atoms with Crippen LogP contribution in [0, 0.1) is 5.92 Å². The molecule has 0 spiro atoms. The molecule has 138 valence electrons. The van der Waals surface area contributed by atoms with Gasteiger partial charge in [0.25, 0.3) is 0 Å². The summed E-state index contributed by atoms with van der Waals surface area (Å²) in [5, 5.41) is 0. The minimum absolute atomic E-state index is 0.117. The number of sulfonamides is 1. The number of carbonyl (C=O) groups excluding carboxylic acids is 1. The van der Waals surface area contributed by atoms with Gasteiger partial charge in [0.1, 0.15) is 0 Å². The first kappa shape index (κ1) is 18.8. The summed E-state index contributed by atoms with van der Waals surface area (Å²) >= 11 is 3.37. The van der Waals surface area contributed by atoms with Gasteiger partial charge in [0.2, 0.25) is 15.9 Å². The molecule has 1 aliphatic carbocycles. The van der Waals surface area contributed by atoms with Crippen molar-refractivity contribution in [3.05, 3.63) is 22.2 Å². The van der Waals surface area contributed by atoms with Crippen LogP contribution in [0.4, 0.5) is 5.69 Å². The zero-order valence-corrected chi connectivity index (χ0v) is 16.7.